The average molecular weight is 433 g/mol. The molecular formula is C20H21BrN2O4. The number of carbonyl (C=O) groups excluding carboxylic acids is 1. The number of halogens is 1. The van der Waals surface area contributed by atoms with Crippen molar-refractivity contribution in [1.29, 1.82) is 0 Å². The van der Waals surface area contributed by atoms with E-state index in [1.165, 1.54) is 0 Å². The monoisotopic (exact) mass is 432 g/mol. The molecular weight excluding hydrogens is 412 g/mol. The predicted octanol–water partition coefficient (Wildman–Crippen LogP) is 3.14. The maximum absolute atomic E-state index is 12.7. The van der Waals surface area contributed by atoms with Crippen LogP contribution in [0.4, 0.5) is 0 Å². The van der Waals surface area contributed by atoms with E-state index in [4.69, 9.17) is 14.2 Å². The summed E-state index contributed by atoms with van der Waals surface area (Å²) in [5.41, 5.74) is 1.83. The Balaban J connectivity index is 1.37. The number of nitrogens with zero attached hydrogens (tertiary/aromatic N) is 2. The molecule has 1 saturated heterocycles. The molecule has 142 valence electrons. The molecule has 7 heteroatoms. The van der Waals surface area contributed by atoms with Crippen LogP contribution in [-0.2, 0) is 6.54 Å². The SMILES string of the molecule is COc1cccc(C(=O)N2CCN(Cc3cc4c(cc3Br)OCO4)CC2)c1. The molecule has 0 N–H and O–H groups in total. The smallest absolute Gasteiger partial charge is 0.254 e. The Hall–Kier alpha value is -2.25. The van der Waals surface area contributed by atoms with Crippen molar-refractivity contribution in [2.45, 2.75) is 6.54 Å². The summed E-state index contributed by atoms with van der Waals surface area (Å²) in [7, 11) is 1.61. The number of rotatable bonds is 4. The zero-order valence-electron chi connectivity index (χ0n) is 15.1. The number of amides is 1. The quantitative estimate of drug-likeness (QED) is 0.742. The molecule has 0 aromatic heterocycles. The first-order valence-corrected chi connectivity index (χ1v) is 9.67. The summed E-state index contributed by atoms with van der Waals surface area (Å²) in [4.78, 5) is 17.0. The molecule has 2 heterocycles. The Bertz CT molecular complexity index is 850. The van der Waals surface area contributed by atoms with Gasteiger partial charge in [0.1, 0.15) is 5.75 Å². The summed E-state index contributed by atoms with van der Waals surface area (Å²) in [5.74, 6) is 2.32. The van der Waals surface area contributed by atoms with Crippen molar-refractivity contribution in [2.75, 3.05) is 40.1 Å². The zero-order valence-corrected chi connectivity index (χ0v) is 16.7. The highest BCUT2D eigenvalue weighted by Gasteiger charge is 2.24. The second-order valence-electron chi connectivity index (χ2n) is 6.60. The Morgan fingerprint density at radius 2 is 1.85 bits per heavy atom. The van der Waals surface area contributed by atoms with Crippen molar-refractivity contribution in [1.82, 2.24) is 9.80 Å². The standard InChI is InChI=1S/C20H21BrN2O4/c1-25-16-4-2-3-14(9-16)20(24)23-7-5-22(6-8-23)12-15-10-18-19(11-17(15)21)27-13-26-18/h2-4,9-11H,5-8,12-13H2,1H3. The highest BCUT2D eigenvalue weighted by atomic mass is 79.9. The number of ether oxygens (including phenoxy) is 3. The van der Waals surface area contributed by atoms with Gasteiger partial charge in [0.25, 0.3) is 5.91 Å². The molecule has 6 nitrogen and oxygen atoms in total. The summed E-state index contributed by atoms with van der Waals surface area (Å²) in [6.07, 6.45) is 0. The van der Waals surface area contributed by atoms with E-state index in [9.17, 15) is 4.79 Å². The maximum atomic E-state index is 12.7. The second-order valence-corrected chi connectivity index (χ2v) is 7.45. The van der Waals surface area contributed by atoms with Gasteiger partial charge in [-0.25, -0.2) is 0 Å². The van der Waals surface area contributed by atoms with Crippen molar-refractivity contribution in [2.24, 2.45) is 0 Å². The fourth-order valence-corrected chi connectivity index (χ4v) is 3.82. The van der Waals surface area contributed by atoms with Crippen LogP contribution in [-0.4, -0.2) is 55.8 Å². The Kier molecular flexibility index (Phi) is 5.22. The van der Waals surface area contributed by atoms with Crippen LogP contribution in [0.15, 0.2) is 40.9 Å². The topological polar surface area (TPSA) is 51.2 Å². The zero-order chi connectivity index (χ0) is 18.8. The van der Waals surface area contributed by atoms with Crippen LogP contribution in [0.3, 0.4) is 0 Å². The first-order valence-electron chi connectivity index (χ1n) is 8.88. The highest BCUT2D eigenvalue weighted by molar-refractivity contribution is 9.10. The third-order valence-corrected chi connectivity index (χ3v) is 5.65. The average Bonchev–Trinajstić information content (AvgIpc) is 3.15. The van der Waals surface area contributed by atoms with Gasteiger partial charge in [-0.15, -0.1) is 0 Å². The number of carbonyl (C=O) groups is 1. The molecule has 1 fully saturated rings. The molecule has 4 rings (SSSR count). The van der Waals surface area contributed by atoms with Crippen LogP contribution in [0, 0.1) is 0 Å². The molecule has 0 atom stereocenters. The normalized spacial score (nSPS) is 16.4. The summed E-state index contributed by atoms with van der Waals surface area (Å²) < 4.78 is 17.1. The third-order valence-electron chi connectivity index (χ3n) is 4.91. The number of hydrogen-bond acceptors (Lipinski definition) is 5. The van der Waals surface area contributed by atoms with Gasteiger partial charge in [0.15, 0.2) is 11.5 Å². The van der Waals surface area contributed by atoms with Crippen LogP contribution in [0.1, 0.15) is 15.9 Å². The predicted molar refractivity (Wildman–Crippen MR) is 104 cm³/mol. The molecule has 0 unspecified atom stereocenters. The van der Waals surface area contributed by atoms with Gasteiger partial charge in [-0.05, 0) is 35.9 Å². The van der Waals surface area contributed by atoms with E-state index in [0.29, 0.717) is 24.4 Å². The van der Waals surface area contributed by atoms with Crippen LogP contribution in [0.2, 0.25) is 0 Å². The first-order chi connectivity index (χ1) is 13.1. The lowest BCUT2D eigenvalue weighted by Gasteiger charge is -2.35. The fraction of sp³-hybridized carbons (Fsp3) is 0.350. The third kappa shape index (κ3) is 3.89. The van der Waals surface area contributed by atoms with Gasteiger partial charge >= 0.3 is 0 Å². The Morgan fingerprint density at radius 1 is 1.11 bits per heavy atom. The van der Waals surface area contributed by atoms with E-state index in [-0.39, 0.29) is 12.7 Å². The van der Waals surface area contributed by atoms with Crippen molar-refractivity contribution in [3.8, 4) is 17.2 Å². The molecule has 1 amide bonds. The molecule has 2 aromatic rings. The van der Waals surface area contributed by atoms with Crippen molar-refractivity contribution in [3.05, 3.63) is 52.0 Å². The van der Waals surface area contributed by atoms with Crippen molar-refractivity contribution >= 4 is 21.8 Å². The number of piperazine rings is 1. The molecule has 0 bridgehead atoms. The van der Waals surface area contributed by atoms with Gasteiger partial charge in [0.05, 0.1) is 7.11 Å². The van der Waals surface area contributed by atoms with Crippen LogP contribution >= 0.6 is 15.9 Å². The van der Waals surface area contributed by atoms with Gasteiger partial charge in [-0.2, -0.15) is 0 Å². The number of hydrogen-bond donors (Lipinski definition) is 0. The summed E-state index contributed by atoms with van der Waals surface area (Å²) in [6, 6.07) is 11.3. The van der Waals surface area contributed by atoms with Crippen LogP contribution < -0.4 is 14.2 Å². The van der Waals surface area contributed by atoms with E-state index < -0.39 is 0 Å². The number of benzene rings is 2. The van der Waals surface area contributed by atoms with Crippen LogP contribution in [0.25, 0.3) is 0 Å². The van der Waals surface area contributed by atoms with Crippen LogP contribution in [0.5, 0.6) is 17.2 Å². The fourth-order valence-electron chi connectivity index (χ4n) is 3.37. The largest absolute Gasteiger partial charge is 0.497 e. The lowest BCUT2D eigenvalue weighted by molar-refractivity contribution is 0.0628. The first kappa shape index (κ1) is 18.1. The minimum Gasteiger partial charge on any atom is -0.497 e. The van der Waals surface area contributed by atoms with E-state index in [1.807, 2.05) is 35.2 Å². The molecule has 0 radical (unpaired) electrons. The van der Waals surface area contributed by atoms with Gasteiger partial charge in [-0.1, -0.05) is 22.0 Å². The summed E-state index contributed by atoms with van der Waals surface area (Å²) in [6.45, 7) is 4.15. The van der Waals surface area contributed by atoms with Crippen molar-refractivity contribution in [3.63, 3.8) is 0 Å². The van der Waals surface area contributed by atoms with Gasteiger partial charge in [0.2, 0.25) is 6.79 Å². The Morgan fingerprint density at radius 3 is 2.59 bits per heavy atom. The molecule has 2 aromatic carbocycles. The van der Waals surface area contributed by atoms with E-state index in [1.54, 1.807) is 13.2 Å². The summed E-state index contributed by atoms with van der Waals surface area (Å²) >= 11 is 3.62. The lowest BCUT2D eigenvalue weighted by Crippen LogP contribution is -2.48. The van der Waals surface area contributed by atoms with Gasteiger partial charge in [-0.3, -0.25) is 9.69 Å². The Labute approximate surface area is 166 Å². The van der Waals surface area contributed by atoms with E-state index in [0.717, 1.165) is 41.2 Å². The molecule has 27 heavy (non-hydrogen) atoms. The minimum atomic E-state index is 0.0535. The van der Waals surface area contributed by atoms with Gasteiger partial charge in [0, 0.05) is 42.8 Å². The minimum absolute atomic E-state index is 0.0535. The molecule has 0 aliphatic carbocycles. The second kappa shape index (κ2) is 7.78. The van der Waals surface area contributed by atoms with E-state index >= 15 is 0 Å². The highest BCUT2D eigenvalue weighted by Crippen LogP contribution is 2.37. The summed E-state index contributed by atoms with van der Waals surface area (Å²) in [5, 5.41) is 0. The molecule has 2 aliphatic heterocycles. The maximum Gasteiger partial charge on any atom is 0.254 e. The lowest BCUT2D eigenvalue weighted by atomic mass is 10.1. The van der Waals surface area contributed by atoms with Crippen molar-refractivity contribution < 1.29 is 19.0 Å². The van der Waals surface area contributed by atoms with E-state index in [2.05, 4.69) is 20.8 Å². The molecule has 0 saturated carbocycles. The molecule has 2 aliphatic rings. The molecule has 0 spiro atoms. The van der Waals surface area contributed by atoms with Gasteiger partial charge < -0.3 is 19.1 Å². The number of fused-ring (bicyclic) bond motifs is 1. The number of methoxy groups -OCH3 is 1.